The Morgan fingerprint density at radius 2 is 1.69 bits per heavy atom. The van der Waals surface area contributed by atoms with Crippen molar-refractivity contribution in [3.8, 4) is 22.4 Å². The van der Waals surface area contributed by atoms with Crippen molar-refractivity contribution >= 4 is 21.7 Å². The van der Waals surface area contributed by atoms with Gasteiger partial charge in [0.1, 0.15) is 18.2 Å². The zero-order valence-corrected chi connectivity index (χ0v) is 19.4. The monoisotopic (exact) mass is 502 g/mol. The van der Waals surface area contributed by atoms with Gasteiger partial charge in [0.15, 0.2) is 0 Å². The summed E-state index contributed by atoms with van der Waals surface area (Å²) >= 11 is 0. The normalized spacial score (nSPS) is 11.3. The van der Waals surface area contributed by atoms with Crippen molar-refractivity contribution < 1.29 is 22.3 Å². The summed E-state index contributed by atoms with van der Waals surface area (Å²) in [5, 5.41) is 14.9. The van der Waals surface area contributed by atoms with E-state index in [0.717, 1.165) is 4.31 Å². The van der Waals surface area contributed by atoms with Crippen LogP contribution in [0.15, 0.2) is 111 Å². The molecule has 0 aliphatic heterocycles. The van der Waals surface area contributed by atoms with E-state index in [4.69, 9.17) is 8.94 Å². The third kappa shape index (κ3) is 4.46. The van der Waals surface area contributed by atoms with Gasteiger partial charge in [-0.05, 0) is 11.6 Å². The molecule has 0 N–H and O–H groups in total. The molecule has 2 heterocycles. The molecule has 0 bridgehead atoms. The van der Waals surface area contributed by atoms with Crippen LogP contribution in [0.2, 0.25) is 0 Å². The number of oxazole rings is 1. The van der Waals surface area contributed by atoms with Crippen LogP contribution in [0.3, 0.4) is 0 Å². The van der Waals surface area contributed by atoms with Gasteiger partial charge >= 0.3 is 6.01 Å². The molecule has 36 heavy (non-hydrogen) atoms. The number of non-ortho nitro benzene ring substituents is 1. The summed E-state index contributed by atoms with van der Waals surface area (Å²) in [6.45, 7) is -0.0595. The molecule has 0 unspecified atom stereocenters. The second-order valence-corrected chi connectivity index (χ2v) is 9.56. The minimum atomic E-state index is -4.20. The van der Waals surface area contributed by atoms with Gasteiger partial charge in [0, 0.05) is 28.8 Å². The van der Waals surface area contributed by atoms with E-state index in [1.165, 1.54) is 43.0 Å². The van der Waals surface area contributed by atoms with Crippen LogP contribution in [0.1, 0.15) is 5.56 Å². The molecular formula is C25H18N4O6S. The maximum absolute atomic E-state index is 14.0. The number of hydrogen-bond donors (Lipinski definition) is 0. The Balaban J connectivity index is 1.61. The van der Waals surface area contributed by atoms with Crippen LogP contribution in [0.25, 0.3) is 22.4 Å². The Kier molecular flexibility index (Phi) is 6.05. The Bertz CT molecular complexity index is 1620. The number of aromatic nitrogens is 2. The highest BCUT2D eigenvalue weighted by Gasteiger charge is 2.32. The highest BCUT2D eigenvalue weighted by molar-refractivity contribution is 7.93. The van der Waals surface area contributed by atoms with Crippen molar-refractivity contribution in [1.29, 1.82) is 0 Å². The van der Waals surface area contributed by atoms with Crippen molar-refractivity contribution in [1.82, 2.24) is 10.1 Å². The minimum Gasteiger partial charge on any atom is -0.431 e. The number of nitro benzene ring substituents is 1. The number of anilines is 1. The van der Waals surface area contributed by atoms with Gasteiger partial charge in [0.05, 0.1) is 22.6 Å². The number of nitro groups is 1. The quantitative estimate of drug-likeness (QED) is 0.206. The third-order valence-corrected chi connectivity index (χ3v) is 7.20. The largest absolute Gasteiger partial charge is 0.431 e. The van der Waals surface area contributed by atoms with Gasteiger partial charge in [-0.25, -0.2) is 12.7 Å². The molecule has 180 valence electrons. The molecule has 10 nitrogen and oxygen atoms in total. The maximum Gasteiger partial charge on any atom is 0.312 e. The van der Waals surface area contributed by atoms with E-state index < -0.39 is 14.9 Å². The molecule has 5 rings (SSSR count). The molecule has 5 aromatic rings. The summed E-state index contributed by atoms with van der Waals surface area (Å²) in [5.74, 6) is 0. The molecule has 0 amide bonds. The van der Waals surface area contributed by atoms with E-state index >= 15 is 0 Å². The lowest BCUT2D eigenvalue weighted by Crippen LogP contribution is -2.31. The molecule has 3 aromatic carbocycles. The number of rotatable bonds is 8. The molecule has 0 fully saturated rings. The summed E-state index contributed by atoms with van der Waals surface area (Å²) < 4.78 is 39.7. The van der Waals surface area contributed by atoms with Gasteiger partial charge in [0.25, 0.3) is 15.7 Å². The molecule has 0 radical (unpaired) electrons. The van der Waals surface area contributed by atoms with E-state index in [9.17, 15) is 18.5 Å². The summed E-state index contributed by atoms with van der Waals surface area (Å²) in [4.78, 5) is 15.1. The zero-order chi connectivity index (χ0) is 25.1. The molecule has 0 aliphatic carbocycles. The highest BCUT2D eigenvalue weighted by atomic mass is 32.2. The first-order chi connectivity index (χ1) is 17.4. The summed E-state index contributed by atoms with van der Waals surface area (Å²) in [6, 6.07) is 21.2. The van der Waals surface area contributed by atoms with E-state index in [1.54, 1.807) is 48.5 Å². The van der Waals surface area contributed by atoms with Crippen molar-refractivity contribution in [2.24, 2.45) is 0 Å². The second kappa shape index (κ2) is 9.47. The van der Waals surface area contributed by atoms with E-state index in [-0.39, 0.29) is 28.8 Å². The van der Waals surface area contributed by atoms with Crippen LogP contribution in [-0.2, 0) is 16.6 Å². The fraction of sp³-hybridized carbons (Fsp3) is 0.0400. The molecule has 2 aromatic heterocycles. The molecule has 0 saturated carbocycles. The van der Waals surface area contributed by atoms with Crippen molar-refractivity contribution in [3.05, 3.63) is 113 Å². The average molecular weight is 503 g/mol. The number of benzene rings is 3. The van der Waals surface area contributed by atoms with Gasteiger partial charge in [-0.1, -0.05) is 65.8 Å². The standard InChI is InChI=1S/C25H18N4O6S/c30-29(31)21-10-6-9-19(13-21)23-17-34-25(27-23)28(15-18-7-2-1-3-8-18)36(32,33)24-12-5-4-11-22(24)20-14-26-35-16-20/h1-14,16-17H,15H2. The molecule has 0 aliphatic rings. The predicted molar refractivity (Wildman–Crippen MR) is 130 cm³/mol. The smallest absolute Gasteiger partial charge is 0.312 e. The topological polar surface area (TPSA) is 133 Å². The van der Waals surface area contributed by atoms with E-state index in [1.807, 2.05) is 6.07 Å². The van der Waals surface area contributed by atoms with Gasteiger partial charge in [0.2, 0.25) is 0 Å². The van der Waals surface area contributed by atoms with Gasteiger partial charge in [-0.2, -0.15) is 4.98 Å². The third-order valence-electron chi connectivity index (χ3n) is 5.43. The molecule has 0 saturated heterocycles. The van der Waals surface area contributed by atoms with Crippen LogP contribution < -0.4 is 4.31 Å². The van der Waals surface area contributed by atoms with E-state index in [2.05, 4.69) is 10.1 Å². The first-order valence-corrected chi connectivity index (χ1v) is 12.1. The molecule has 0 spiro atoms. The number of hydrogen-bond acceptors (Lipinski definition) is 8. The van der Waals surface area contributed by atoms with Crippen molar-refractivity contribution in [2.75, 3.05) is 4.31 Å². The second-order valence-electron chi connectivity index (χ2n) is 7.73. The lowest BCUT2D eigenvalue weighted by atomic mass is 10.1. The van der Waals surface area contributed by atoms with Crippen LogP contribution in [-0.4, -0.2) is 23.5 Å². The van der Waals surface area contributed by atoms with Crippen LogP contribution in [0, 0.1) is 10.1 Å². The molecule has 0 atom stereocenters. The summed E-state index contributed by atoms with van der Waals surface area (Å²) in [7, 11) is -4.20. The van der Waals surface area contributed by atoms with Crippen molar-refractivity contribution in [2.45, 2.75) is 11.4 Å². The summed E-state index contributed by atoms with van der Waals surface area (Å²) in [5.41, 5.74) is 2.17. The SMILES string of the molecule is O=[N+]([O-])c1cccc(-c2coc(N(Cc3ccccc3)S(=O)(=O)c3ccccc3-c3cnoc3)n2)c1. The zero-order valence-electron chi connectivity index (χ0n) is 18.6. The summed E-state index contributed by atoms with van der Waals surface area (Å²) in [6.07, 6.45) is 4.07. The minimum absolute atomic E-state index is 0.0132. The van der Waals surface area contributed by atoms with Gasteiger partial charge in [-0.3, -0.25) is 10.1 Å². The fourth-order valence-electron chi connectivity index (χ4n) is 3.68. The highest BCUT2D eigenvalue weighted by Crippen LogP contribution is 2.34. The molecular weight excluding hydrogens is 484 g/mol. The Labute approximate surface area is 205 Å². The van der Waals surface area contributed by atoms with E-state index in [0.29, 0.717) is 22.3 Å². The Morgan fingerprint density at radius 3 is 2.44 bits per heavy atom. The lowest BCUT2D eigenvalue weighted by molar-refractivity contribution is -0.384. The first kappa shape index (κ1) is 23.0. The van der Waals surface area contributed by atoms with Crippen LogP contribution in [0.4, 0.5) is 11.7 Å². The Hall–Kier alpha value is -4.77. The first-order valence-electron chi connectivity index (χ1n) is 10.7. The maximum atomic E-state index is 14.0. The van der Waals surface area contributed by atoms with Gasteiger partial charge in [-0.15, -0.1) is 0 Å². The van der Waals surface area contributed by atoms with Crippen LogP contribution in [0.5, 0.6) is 0 Å². The Morgan fingerprint density at radius 1 is 0.917 bits per heavy atom. The van der Waals surface area contributed by atoms with Crippen molar-refractivity contribution in [3.63, 3.8) is 0 Å². The predicted octanol–water partition coefficient (Wildman–Crippen LogP) is 5.30. The number of nitrogens with zero attached hydrogens (tertiary/aromatic N) is 4. The fourth-order valence-corrected chi connectivity index (χ4v) is 5.24. The van der Waals surface area contributed by atoms with Gasteiger partial charge < -0.3 is 8.94 Å². The average Bonchev–Trinajstić information content (AvgIpc) is 3.61. The lowest BCUT2D eigenvalue weighted by Gasteiger charge is -2.22. The number of sulfonamides is 1. The molecule has 11 heteroatoms. The van der Waals surface area contributed by atoms with Crippen LogP contribution >= 0.6 is 0 Å².